The highest BCUT2D eigenvalue weighted by Gasteiger charge is 2.34. The van der Waals surface area contributed by atoms with E-state index in [-0.39, 0.29) is 6.04 Å². The molecule has 2 amide bonds. The van der Waals surface area contributed by atoms with E-state index >= 15 is 0 Å². The molecule has 2 rings (SSSR count). The highest BCUT2D eigenvalue weighted by Crippen LogP contribution is 2.31. The van der Waals surface area contributed by atoms with Gasteiger partial charge in [0.15, 0.2) is 6.10 Å². The summed E-state index contributed by atoms with van der Waals surface area (Å²) in [5, 5.41) is 23.6. The van der Waals surface area contributed by atoms with Crippen LogP contribution in [0.1, 0.15) is 38.5 Å². The van der Waals surface area contributed by atoms with E-state index in [2.05, 4.69) is 10.6 Å². The second kappa shape index (κ2) is 5.56. The molecule has 0 aromatic heterocycles. The lowest BCUT2D eigenvalue weighted by Gasteiger charge is -2.31. The van der Waals surface area contributed by atoms with Crippen LogP contribution in [0.25, 0.3) is 0 Å². The molecule has 0 aromatic carbocycles. The Morgan fingerprint density at radius 3 is 2.33 bits per heavy atom. The van der Waals surface area contributed by atoms with Gasteiger partial charge in [0.2, 0.25) is 0 Å². The molecule has 0 saturated heterocycles. The van der Waals surface area contributed by atoms with E-state index < -0.39 is 24.1 Å². The van der Waals surface area contributed by atoms with Gasteiger partial charge in [0, 0.05) is 6.04 Å². The fourth-order valence-electron chi connectivity index (χ4n) is 2.21. The Hall–Kier alpha value is -1.30. The van der Waals surface area contributed by atoms with Crippen LogP contribution < -0.4 is 10.6 Å². The highest BCUT2D eigenvalue weighted by molar-refractivity contribution is 5.82. The van der Waals surface area contributed by atoms with Crippen molar-refractivity contribution in [3.8, 4) is 0 Å². The molecule has 0 radical (unpaired) electrons. The fraction of sp³-hybridized carbons (Fsp3) is 0.833. The molecule has 0 spiro atoms. The Kier molecular flexibility index (Phi) is 4.06. The molecule has 6 nitrogen and oxygen atoms in total. The summed E-state index contributed by atoms with van der Waals surface area (Å²) in [7, 11) is 0. The molecule has 0 aromatic rings. The van der Waals surface area contributed by atoms with Gasteiger partial charge in [-0.1, -0.05) is 19.3 Å². The van der Waals surface area contributed by atoms with Crippen LogP contribution in [0.5, 0.6) is 0 Å². The van der Waals surface area contributed by atoms with Gasteiger partial charge >= 0.3 is 6.09 Å². The van der Waals surface area contributed by atoms with Gasteiger partial charge in [0.05, 0.1) is 6.04 Å². The summed E-state index contributed by atoms with van der Waals surface area (Å²) >= 11 is 0. The van der Waals surface area contributed by atoms with E-state index in [9.17, 15) is 14.7 Å². The Morgan fingerprint density at radius 2 is 1.89 bits per heavy atom. The number of aliphatic hydroxyl groups excluding tert-OH is 1. The molecular formula is C12H20N2O4. The van der Waals surface area contributed by atoms with Gasteiger partial charge in [0.25, 0.3) is 5.91 Å². The quantitative estimate of drug-likeness (QED) is 0.554. The summed E-state index contributed by atoms with van der Waals surface area (Å²) < 4.78 is 0. The molecular weight excluding hydrogens is 236 g/mol. The van der Waals surface area contributed by atoms with Crippen molar-refractivity contribution in [3.05, 3.63) is 0 Å². The summed E-state index contributed by atoms with van der Waals surface area (Å²) in [6, 6.07) is -0.534. The van der Waals surface area contributed by atoms with Crippen LogP contribution in [0, 0.1) is 5.92 Å². The number of carboxylic acid groups (broad SMARTS) is 1. The minimum Gasteiger partial charge on any atom is -0.465 e. The van der Waals surface area contributed by atoms with Crippen molar-refractivity contribution < 1.29 is 19.8 Å². The van der Waals surface area contributed by atoms with Crippen LogP contribution in [0.2, 0.25) is 0 Å². The van der Waals surface area contributed by atoms with Crippen molar-refractivity contribution >= 4 is 12.0 Å². The van der Waals surface area contributed by atoms with Gasteiger partial charge in [-0.15, -0.1) is 0 Å². The Morgan fingerprint density at radius 1 is 1.22 bits per heavy atom. The van der Waals surface area contributed by atoms with E-state index in [0.29, 0.717) is 12.3 Å². The molecule has 102 valence electrons. The number of amides is 2. The molecule has 0 aliphatic heterocycles. The van der Waals surface area contributed by atoms with Crippen LogP contribution in [-0.2, 0) is 4.79 Å². The third-order valence-electron chi connectivity index (χ3n) is 3.69. The average Bonchev–Trinajstić information content (AvgIpc) is 3.03. The fourth-order valence-corrected chi connectivity index (χ4v) is 2.21. The number of aliphatic hydroxyl groups is 1. The van der Waals surface area contributed by atoms with Gasteiger partial charge < -0.3 is 20.8 Å². The summed E-state index contributed by atoms with van der Waals surface area (Å²) in [5.41, 5.74) is 0. The number of nitrogens with one attached hydrogen (secondary N) is 2. The zero-order valence-corrected chi connectivity index (χ0v) is 10.3. The maximum atomic E-state index is 11.7. The first-order chi connectivity index (χ1) is 8.56. The molecule has 2 atom stereocenters. The van der Waals surface area contributed by atoms with Gasteiger partial charge in [-0.05, 0) is 25.2 Å². The van der Waals surface area contributed by atoms with Gasteiger partial charge in [0.1, 0.15) is 0 Å². The lowest BCUT2D eigenvalue weighted by molar-refractivity contribution is -0.131. The van der Waals surface area contributed by atoms with Crippen LogP contribution in [-0.4, -0.2) is 40.4 Å². The smallest absolute Gasteiger partial charge is 0.404 e. The van der Waals surface area contributed by atoms with Crippen molar-refractivity contribution in [1.29, 1.82) is 0 Å². The maximum absolute atomic E-state index is 11.7. The predicted molar refractivity (Wildman–Crippen MR) is 64.1 cm³/mol. The van der Waals surface area contributed by atoms with Crippen LogP contribution in [0.15, 0.2) is 0 Å². The normalized spacial score (nSPS) is 22.7. The first-order valence-electron chi connectivity index (χ1n) is 6.54. The third kappa shape index (κ3) is 3.60. The molecule has 2 fully saturated rings. The first-order valence-corrected chi connectivity index (χ1v) is 6.54. The molecule has 4 N–H and O–H groups in total. The number of carbonyl (C=O) groups is 2. The lowest BCUT2D eigenvalue weighted by atomic mass is 9.80. The molecule has 0 heterocycles. The first kappa shape index (κ1) is 13.1. The van der Waals surface area contributed by atoms with Crippen molar-refractivity contribution in [2.75, 3.05) is 0 Å². The van der Waals surface area contributed by atoms with E-state index in [1.165, 1.54) is 0 Å². The number of hydrogen-bond acceptors (Lipinski definition) is 3. The summed E-state index contributed by atoms with van der Waals surface area (Å²) in [6.07, 6.45) is 3.18. The van der Waals surface area contributed by atoms with Crippen LogP contribution in [0.4, 0.5) is 4.79 Å². The Balaban J connectivity index is 1.87. The van der Waals surface area contributed by atoms with Crippen LogP contribution >= 0.6 is 0 Å². The Labute approximate surface area is 106 Å². The van der Waals surface area contributed by atoms with Crippen molar-refractivity contribution in [2.45, 2.75) is 56.7 Å². The van der Waals surface area contributed by atoms with Crippen molar-refractivity contribution in [2.24, 2.45) is 5.92 Å². The number of carbonyl (C=O) groups excluding carboxylic acids is 1. The second-order valence-electron chi connectivity index (χ2n) is 5.32. The van der Waals surface area contributed by atoms with Crippen molar-refractivity contribution in [3.63, 3.8) is 0 Å². The molecule has 1 unspecified atom stereocenters. The lowest BCUT2D eigenvalue weighted by Crippen LogP contribution is -2.51. The molecule has 6 heteroatoms. The Bertz CT molecular complexity index is 326. The predicted octanol–water partition coefficient (Wildman–Crippen LogP) is 0.452. The minimum absolute atomic E-state index is 0.168. The maximum Gasteiger partial charge on any atom is 0.404 e. The molecule has 0 bridgehead atoms. The second-order valence-corrected chi connectivity index (χ2v) is 5.32. The minimum atomic E-state index is -1.29. The summed E-state index contributed by atoms with van der Waals surface area (Å²) in [5.74, 6) is -0.0409. The molecule has 18 heavy (non-hydrogen) atoms. The van der Waals surface area contributed by atoms with Gasteiger partial charge in [-0.2, -0.15) is 0 Å². The zero-order valence-electron chi connectivity index (χ0n) is 10.3. The monoisotopic (exact) mass is 256 g/mol. The summed E-state index contributed by atoms with van der Waals surface area (Å²) in [4.78, 5) is 22.4. The molecule has 2 saturated carbocycles. The average molecular weight is 256 g/mol. The largest absolute Gasteiger partial charge is 0.465 e. The SMILES string of the molecule is O=C(O)N[C@@H](CC1CCC1)C(O)C(=O)NC1CC1. The van der Waals surface area contributed by atoms with E-state index in [0.717, 1.165) is 32.1 Å². The topological polar surface area (TPSA) is 98.7 Å². The number of rotatable bonds is 6. The molecule has 2 aliphatic carbocycles. The standard InChI is InChI=1S/C12H20N2O4/c15-10(11(16)13-8-4-5-8)9(14-12(17)18)6-7-2-1-3-7/h7-10,14-15H,1-6H2,(H,13,16)(H,17,18)/t9-,10?/m0/s1. The van der Waals surface area contributed by atoms with Crippen LogP contribution in [0.3, 0.4) is 0 Å². The molecule has 2 aliphatic rings. The zero-order chi connectivity index (χ0) is 13.1. The third-order valence-corrected chi connectivity index (χ3v) is 3.69. The number of hydrogen-bond donors (Lipinski definition) is 4. The highest BCUT2D eigenvalue weighted by atomic mass is 16.4. The van der Waals surface area contributed by atoms with Crippen molar-refractivity contribution in [1.82, 2.24) is 10.6 Å². The van der Waals surface area contributed by atoms with E-state index in [4.69, 9.17) is 5.11 Å². The van der Waals surface area contributed by atoms with Gasteiger partial charge in [-0.3, -0.25) is 4.79 Å². The van der Waals surface area contributed by atoms with E-state index in [1.54, 1.807) is 0 Å². The van der Waals surface area contributed by atoms with E-state index in [1.807, 2.05) is 0 Å². The van der Waals surface area contributed by atoms with Gasteiger partial charge in [-0.25, -0.2) is 4.79 Å². The summed E-state index contributed by atoms with van der Waals surface area (Å²) in [6.45, 7) is 0.